The summed E-state index contributed by atoms with van der Waals surface area (Å²) in [5.41, 5.74) is 0.861. The lowest BCUT2D eigenvalue weighted by Crippen LogP contribution is -2.31. The third-order valence-electron chi connectivity index (χ3n) is 3.99. The van der Waals surface area contributed by atoms with E-state index in [0.29, 0.717) is 17.1 Å². The van der Waals surface area contributed by atoms with Crippen molar-refractivity contribution in [2.75, 3.05) is 23.1 Å². The molecule has 8 heteroatoms. The molecule has 140 valence electrons. The molecule has 2 aromatic rings. The van der Waals surface area contributed by atoms with Gasteiger partial charge in [-0.05, 0) is 36.4 Å². The number of anilines is 2. The number of thioether (sulfide) groups is 1. The summed E-state index contributed by atoms with van der Waals surface area (Å²) in [6.07, 6.45) is 0.00279. The number of carbonyl (C=O) groups excluding carboxylic acids is 3. The Kier molecular flexibility index (Phi) is 5.75. The summed E-state index contributed by atoms with van der Waals surface area (Å²) in [4.78, 5) is 37.9. The summed E-state index contributed by atoms with van der Waals surface area (Å²) in [5.74, 6) is -0.970. The second-order valence-corrected chi connectivity index (χ2v) is 6.99. The quantitative estimate of drug-likeness (QED) is 0.770. The van der Waals surface area contributed by atoms with Crippen LogP contribution in [-0.4, -0.2) is 35.8 Å². The van der Waals surface area contributed by atoms with Gasteiger partial charge in [-0.1, -0.05) is 12.1 Å². The molecule has 27 heavy (non-hydrogen) atoms. The fourth-order valence-electron chi connectivity index (χ4n) is 2.71. The molecule has 1 fully saturated rings. The number of para-hydroxylation sites is 2. The van der Waals surface area contributed by atoms with Crippen LogP contribution in [0.5, 0.6) is 5.75 Å². The molecule has 0 saturated carbocycles. The van der Waals surface area contributed by atoms with Crippen molar-refractivity contribution >= 4 is 40.9 Å². The van der Waals surface area contributed by atoms with Gasteiger partial charge in [-0.3, -0.25) is 14.4 Å². The van der Waals surface area contributed by atoms with Crippen LogP contribution in [0.15, 0.2) is 48.5 Å². The van der Waals surface area contributed by atoms with Crippen LogP contribution in [-0.2, 0) is 14.4 Å². The zero-order chi connectivity index (χ0) is 19.4. The molecule has 3 rings (SSSR count). The minimum atomic E-state index is -0.647. The zero-order valence-corrected chi connectivity index (χ0v) is 15.3. The molecule has 0 unspecified atom stereocenters. The smallest absolute Gasteiger partial charge is 0.247 e. The van der Waals surface area contributed by atoms with Gasteiger partial charge in [0, 0.05) is 6.42 Å². The maximum atomic E-state index is 13.0. The number of hydrogen-bond acceptors (Lipinski definition) is 5. The van der Waals surface area contributed by atoms with Crippen LogP contribution in [0, 0.1) is 5.82 Å². The Labute approximate surface area is 159 Å². The predicted molar refractivity (Wildman–Crippen MR) is 101 cm³/mol. The first-order valence-corrected chi connectivity index (χ1v) is 9.21. The second kappa shape index (κ2) is 8.22. The van der Waals surface area contributed by atoms with Crippen molar-refractivity contribution in [3.8, 4) is 5.75 Å². The number of hydrogen-bond donors (Lipinski definition) is 1. The molecule has 1 aliphatic rings. The van der Waals surface area contributed by atoms with Crippen molar-refractivity contribution < 1.29 is 23.5 Å². The Hall–Kier alpha value is -2.87. The van der Waals surface area contributed by atoms with E-state index >= 15 is 0 Å². The highest BCUT2D eigenvalue weighted by molar-refractivity contribution is 8.01. The Balaban J connectivity index is 1.60. The number of imide groups is 1. The highest BCUT2D eigenvalue weighted by Crippen LogP contribution is 2.30. The summed E-state index contributed by atoms with van der Waals surface area (Å²) < 4.78 is 18.2. The molecule has 0 spiro atoms. The van der Waals surface area contributed by atoms with Gasteiger partial charge in [-0.25, -0.2) is 9.29 Å². The number of benzene rings is 2. The van der Waals surface area contributed by atoms with Gasteiger partial charge >= 0.3 is 0 Å². The van der Waals surface area contributed by atoms with Gasteiger partial charge in [0.2, 0.25) is 17.7 Å². The van der Waals surface area contributed by atoms with Gasteiger partial charge in [-0.15, -0.1) is 11.8 Å². The lowest BCUT2D eigenvalue weighted by atomic mass is 10.3. The Morgan fingerprint density at radius 1 is 1.22 bits per heavy atom. The fourth-order valence-corrected chi connectivity index (χ4v) is 3.64. The van der Waals surface area contributed by atoms with E-state index in [9.17, 15) is 18.8 Å². The normalized spacial score (nSPS) is 16.5. The monoisotopic (exact) mass is 388 g/mol. The predicted octanol–water partition coefficient (Wildman–Crippen LogP) is 2.84. The topological polar surface area (TPSA) is 75.7 Å². The number of rotatable bonds is 6. The van der Waals surface area contributed by atoms with E-state index in [2.05, 4.69) is 5.32 Å². The molecule has 0 aromatic heterocycles. The minimum Gasteiger partial charge on any atom is -0.495 e. The Bertz CT molecular complexity index is 872. The van der Waals surface area contributed by atoms with Crippen LogP contribution in [0.1, 0.15) is 6.42 Å². The maximum absolute atomic E-state index is 13.0. The van der Waals surface area contributed by atoms with Crippen LogP contribution < -0.4 is 15.0 Å². The highest BCUT2D eigenvalue weighted by atomic mass is 32.2. The Morgan fingerprint density at radius 2 is 1.93 bits per heavy atom. The average molecular weight is 388 g/mol. The first-order chi connectivity index (χ1) is 13.0. The summed E-state index contributed by atoms with van der Waals surface area (Å²) in [5, 5.41) is 2.08. The van der Waals surface area contributed by atoms with Crippen LogP contribution >= 0.6 is 11.8 Å². The molecular formula is C19H17FN2O4S. The van der Waals surface area contributed by atoms with Crippen LogP contribution in [0.25, 0.3) is 0 Å². The van der Waals surface area contributed by atoms with E-state index in [0.717, 1.165) is 16.7 Å². The van der Waals surface area contributed by atoms with Gasteiger partial charge in [0.05, 0.1) is 29.5 Å². The molecular weight excluding hydrogens is 371 g/mol. The number of halogens is 1. The minimum absolute atomic E-state index is 0.00279. The Morgan fingerprint density at radius 3 is 2.63 bits per heavy atom. The molecule has 6 nitrogen and oxygen atoms in total. The number of methoxy groups -OCH3 is 1. The van der Waals surface area contributed by atoms with E-state index in [-0.39, 0.29) is 24.0 Å². The van der Waals surface area contributed by atoms with Gasteiger partial charge < -0.3 is 10.1 Å². The van der Waals surface area contributed by atoms with Crippen LogP contribution in [0.2, 0.25) is 0 Å². The first kappa shape index (κ1) is 18.9. The lowest BCUT2D eigenvalue weighted by molar-refractivity contribution is -0.121. The van der Waals surface area contributed by atoms with E-state index in [1.165, 1.54) is 31.4 Å². The molecule has 1 N–H and O–H groups in total. The zero-order valence-electron chi connectivity index (χ0n) is 14.5. The summed E-state index contributed by atoms with van der Waals surface area (Å²) in [6.45, 7) is 0. The van der Waals surface area contributed by atoms with Gasteiger partial charge in [-0.2, -0.15) is 0 Å². The molecule has 3 amide bonds. The van der Waals surface area contributed by atoms with Crippen molar-refractivity contribution in [2.45, 2.75) is 11.7 Å². The third-order valence-corrected chi connectivity index (χ3v) is 5.19. The van der Waals surface area contributed by atoms with E-state index < -0.39 is 17.0 Å². The third kappa shape index (κ3) is 4.28. The first-order valence-electron chi connectivity index (χ1n) is 8.16. The number of amides is 3. The van der Waals surface area contributed by atoms with Gasteiger partial charge in [0.15, 0.2) is 0 Å². The van der Waals surface area contributed by atoms with Crippen LogP contribution in [0.4, 0.5) is 15.8 Å². The van der Waals surface area contributed by atoms with Crippen LogP contribution in [0.3, 0.4) is 0 Å². The van der Waals surface area contributed by atoms with Crippen molar-refractivity contribution in [2.24, 2.45) is 0 Å². The molecule has 0 radical (unpaired) electrons. The summed E-state index contributed by atoms with van der Waals surface area (Å²) in [6, 6.07) is 12.1. The molecule has 0 bridgehead atoms. The molecule has 1 heterocycles. The maximum Gasteiger partial charge on any atom is 0.247 e. The molecule has 0 aliphatic carbocycles. The van der Waals surface area contributed by atoms with Crippen molar-refractivity contribution in [3.05, 3.63) is 54.3 Å². The van der Waals surface area contributed by atoms with E-state index in [4.69, 9.17) is 4.74 Å². The van der Waals surface area contributed by atoms with E-state index in [1.54, 1.807) is 24.3 Å². The van der Waals surface area contributed by atoms with Crippen molar-refractivity contribution in [1.82, 2.24) is 0 Å². The van der Waals surface area contributed by atoms with Gasteiger partial charge in [0.1, 0.15) is 11.6 Å². The average Bonchev–Trinajstić information content (AvgIpc) is 2.95. The number of carbonyl (C=O) groups is 3. The lowest BCUT2D eigenvalue weighted by Gasteiger charge is -2.15. The molecule has 1 aliphatic heterocycles. The highest BCUT2D eigenvalue weighted by Gasteiger charge is 2.40. The SMILES string of the molecule is COc1ccccc1NC(=O)CS[C@@H]1CC(=O)N(c2ccc(F)cc2)C1=O. The van der Waals surface area contributed by atoms with Crippen molar-refractivity contribution in [1.29, 1.82) is 0 Å². The second-order valence-electron chi connectivity index (χ2n) is 5.80. The van der Waals surface area contributed by atoms with Gasteiger partial charge in [0.25, 0.3) is 0 Å². The number of nitrogens with zero attached hydrogens (tertiary/aromatic N) is 1. The summed E-state index contributed by atoms with van der Waals surface area (Å²) >= 11 is 1.10. The summed E-state index contributed by atoms with van der Waals surface area (Å²) in [7, 11) is 1.51. The largest absolute Gasteiger partial charge is 0.495 e. The fraction of sp³-hybridized carbons (Fsp3) is 0.211. The molecule has 2 aromatic carbocycles. The van der Waals surface area contributed by atoms with E-state index in [1.807, 2.05) is 0 Å². The standard InChI is InChI=1S/C19H17FN2O4S/c1-26-15-5-3-2-4-14(15)21-17(23)11-27-16-10-18(24)22(19(16)25)13-8-6-12(20)7-9-13/h2-9,16H,10-11H2,1H3,(H,21,23)/t16-/m1/s1. The molecule has 1 atom stereocenters. The number of ether oxygens (including phenoxy) is 1. The van der Waals surface area contributed by atoms with Crippen molar-refractivity contribution in [3.63, 3.8) is 0 Å². The number of nitrogens with one attached hydrogen (secondary N) is 1. The molecule has 1 saturated heterocycles.